The smallest absolute Gasteiger partial charge is 0.291 e. The minimum Gasteiger partial charge on any atom is -0.494 e. The number of anilines is 1. The topological polar surface area (TPSA) is 154 Å². The Morgan fingerprint density at radius 3 is 2.65 bits per heavy atom. The van der Waals surface area contributed by atoms with Crippen molar-refractivity contribution in [2.75, 3.05) is 12.4 Å². The minimum atomic E-state index is -0.399. The summed E-state index contributed by atoms with van der Waals surface area (Å²) in [5.74, 6) is -0.112. The Morgan fingerprint density at radius 1 is 1.26 bits per heavy atom. The predicted molar refractivity (Wildman–Crippen MR) is 86.7 cm³/mol. The van der Waals surface area contributed by atoms with Crippen LogP contribution in [0.3, 0.4) is 0 Å². The fourth-order valence-electron chi connectivity index (χ4n) is 1.73. The molecule has 0 atom stereocenters. The van der Waals surface area contributed by atoms with Gasteiger partial charge in [0.1, 0.15) is 5.75 Å². The van der Waals surface area contributed by atoms with Gasteiger partial charge in [-0.25, -0.2) is 4.99 Å². The second-order valence-corrected chi connectivity index (χ2v) is 4.32. The molecule has 7 N–H and O–H groups in total. The van der Waals surface area contributed by atoms with Crippen LogP contribution in [0.25, 0.3) is 0 Å². The number of benzene rings is 1. The van der Waals surface area contributed by atoms with Crippen LogP contribution in [0, 0.1) is 0 Å². The zero-order valence-electron chi connectivity index (χ0n) is 12.3. The second kappa shape index (κ2) is 6.98. The van der Waals surface area contributed by atoms with Crippen molar-refractivity contribution in [1.82, 2.24) is 0 Å². The lowest BCUT2D eigenvalue weighted by Crippen LogP contribution is -2.26. The van der Waals surface area contributed by atoms with Gasteiger partial charge in [-0.3, -0.25) is 4.79 Å². The zero-order chi connectivity index (χ0) is 16.8. The molecule has 0 bridgehead atoms. The average Bonchev–Trinajstić information content (AvgIpc) is 3.02. The van der Waals surface area contributed by atoms with E-state index in [0.29, 0.717) is 17.1 Å². The van der Waals surface area contributed by atoms with Crippen molar-refractivity contribution in [2.24, 2.45) is 27.2 Å². The Labute approximate surface area is 131 Å². The Balaban J connectivity index is 2.23. The number of carbonyl (C=O) groups is 1. The molecule has 0 fully saturated rings. The number of nitrogens with zero attached hydrogens (tertiary/aromatic N) is 2. The molecule has 2 aromatic rings. The molecule has 1 amide bonds. The van der Waals surface area contributed by atoms with Gasteiger partial charge in [0.05, 0.1) is 24.7 Å². The standard InChI is InChI=1S/C14H16N6O3/c1-22-11-7-8(18-14(17)20-13(15)16)4-5-9(11)19-12(21)10-3-2-6-23-10/h2-7H,1H3,(H,19,21)(H6,15,16,17,18,20). The molecule has 0 saturated heterocycles. The molecule has 9 nitrogen and oxygen atoms in total. The Morgan fingerprint density at radius 2 is 2.04 bits per heavy atom. The van der Waals surface area contributed by atoms with Crippen LogP contribution in [-0.2, 0) is 0 Å². The molecule has 0 aliphatic carbocycles. The first-order valence-corrected chi connectivity index (χ1v) is 6.46. The van der Waals surface area contributed by atoms with Crippen molar-refractivity contribution >= 4 is 29.2 Å². The number of hydrogen-bond donors (Lipinski definition) is 4. The SMILES string of the molecule is COc1cc(N=C(N)N=C(N)N)ccc1NC(=O)c1ccco1. The first-order valence-electron chi connectivity index (χ1n) is 6.46. The molecule has 0 spiro atoms. The highest BCUT2D eigenvalue weighted by atomic mass is 16.5. The van der Waals surface area contributed by atoms with Gasteiger partial charge in [0, 0.05) is 6.07 Å². The summed E-state index contributed by atoms with van der Waals surface area (Å²) in [6.45, 7) is 0. The van der Waals surface area contributed by atoms with Crippen LogP contribution in [0.15, 0.2) is 51.0 Å². The van der Waals surface area contributed by atoms with Gasteiger partial charge in [-0.1, -0.05) is 0 Å². The van der Waals surface area contributed by atoms with E-state index in [1.54, 1.807) is 30.3 Å². The lowest BCUT2D eigenvalue weighted by Gasteiger charge is -2.10. The number of aliphatic imine (C=N–C) groups is 2. The van der Waals surface area contributed by atoms with Gasteiger partial charge in [0.2, 0.25) is 5.96 Å². The van der Waals surface area contributed by atoms with Crippen LogP contribution in [-0.4, -0.2) is 24.9 Å². The Kier molecular flexibility index (Phi) is 4.82. The molecule has 1 aromatic carbocycles. The van der Waals surface area contributed by atoms with Crippen LogP contribution in [0.5, 0.6) is 5.75 Å². The maximum Gasteiger partial charge on any atom is 0.291 e. The monoisotopic (exact) mass is 316 g/mol. The summed E-state index contributed by atoms with van der Waals surface area (Å²) < 4.78 is 10.3. The highest BCUT2D eigenvalue weighted by molar-refractivity contribution is 6.03. The van der Waals surface area contributed by atoms with Gasteiger partial charge in [-0.15, -0.1) is 0 Å². The van der Waals surface area contributed by atoms with Crippen LogP contribution in [0.1, 0.15) is 10.6 Å². The maximum atomic E-state index is 12.0. The third kappa shape index (κ3) is 4.24. The summed E-state index contributed by atoms with van der Waals surface area (Å²) in [6.07, 6.45) is 1.41. The lowest BCUT2D eigenvalue weighted by atomic mass is 10.2. The normalized spacial score (nSPS) is 10.9. The highest BCUT2D eigenvalue weighted by Gasteiger charge is 2.12. The molecule has 9 heteroatoms. The molecule has 0 aliphatic rings. The zero-order valence-corrected chi connectivity index (χ0v) is 12.3. The van der Waals surface area contributed by atoms with E-state index in [1.165, 1.54) is 13.4 Å². The lowest BCUT2D eigenvalue weighted by molar-refractivity contribution is 0.0996. The molecule has 0 unspecified atom stereocenters. The summed E-state index contributed by atoms with van der Waals surface area (Å²) in [4.78, 5) is 19.6. The number of carbonyl (C=O) groups excluding carboxylic acids is 1. The second-order valence-electron chi connectivity index (χ2n) is 4.32. The molecule has 0 saturated carbocycles. The Hall–Kier alpha value is -3.49. The average molecular weight is 316 g/mol. The number of nitrogens with two attached hydrogens (primary N) is 3. The van der Waals surface area contributed by atoms with Crippen molar-refractivity contribution < 1.29 is 13.9 Å². The van der Waals surface area contributed by atoms with Crippen LogP contribution < -0.4 is 27.3 Å². The predicted octanol–water partition coefficient (Wildman–Crippen LogP) is 0.760. The van der Waals surface area contributed by atoms with Crippen molar-refractivity contribution in [1.29, 1.82) is 0 Å². The van der Waals surface area contributed by atoms with Gasteiger partial charge in [0.15, 0.2) is 11.7 Å². The van der Waals surface area contributed by atoms with Crippen molar-refractivity contribution in [3.8, 4) is 5.75 Å². The van der Waals surface area contributed by atoms with E-state index in [9.17, 15) is 4.79 Å². The van der Waals surface area contributed by atoms with Crippen LogP contribution in [0.4, 0.5) is 11.4 Å². The minimum absolute atomic E-state index is 0.0978. The number of hydrogen-bond acceptors (Lipinski definition) is 4. The summed E-state index contributed by atoms with van der Waals surface area (Å²) in [5, 5.41) is 2.67. The number of amides is 1. The number of methoxy groups -OCH3 is 1. The molecule has 1 heterocycles. The van der Waals surface area contributed by atoms with Gasteiger partial charge >= 0.3 is 0 Å². The van der Waals surface area contributed by atoms with E-state index in [0.717, 1.165) is 0 Å². The molecular formula is C14H16N6O3. The van der Waals surface area contributed by atoms with E-state index in [1.807, 2.05) is 0 Å². The van der Waals surface area contributed by atoms with E-state index >= 15 is 0 Å². The summed E-state index contributed by atoms with van der Waals surface area (Å²) in [7, 11) is 1.46. The summed E-state index contributed by atoms with van der Waals surface area (Å²) >= 11 is 0. The number of rotatable bonds is 4. The number of nitrogens with one attached hydrogen (secondary N) is 1. The van der Waals surface area contributed by atoms with Crippen molar-refractivity contribution in [2.45, 2.75) is 0 Å². The third-order valence-electron chi connectivity index (χ3n) is 2.67. The highest BCUT2D eigenvalue weighted by Crippen LogP contribution is 2.29. The summed E-state index contributed by atoms with van der Waals surface area (Å²) in [6, 6.07) is 7.98. The first-order chi connectivity index (χ1) is 11.0. The number of ether oxygens (including phenoxy) is 1. The molecule has 120 valence electrons. The molecule has 2 rings (SSSR count). The van der Waals surface area contributed by atoms with Gasteiger partial charge in [0.25, 0.3) is 5.91 Å². The summed E-state index contributed by atoms with van der Waals surface area (Å²) in [5.41, 5.74) is 16.9. The molecule has 0 radical (unpaired) electrons. The van der Waals surface area contributed by atoms with E-state index in [4.69, 9.17) is 26.4 Å². The van der Waals surface area contributed by atoms with Crippen molar-refractivity contribution in [3.05, 3.63) is 42.4 Å². The quantitative estimate of drug-likeness (QED) is 0.482. The van der Waals surface area contributed by atoms with E-state index < -0.39 is 5.91 Å². The maximum absolute atomic E-state index is 12.0. The number of furan rings is 1. The molecule has 23 heavy (non-hydrogen) atoms. The molecule has 0 aliphatic heterocycles. The van der Waals surface area contributed by atoms with Crippen LogP contribution >= 0.6 is 0 Å². The largest absolute Gasteiger partial charge is 0.494 e. The van der Waals surface area contributed by atoms with Gasteiger partial charge < -0.3 is 31.7 Å². The Bertz CT molecular complexity index is 748. The van der Waals surface area contributed by atoms with Gasteiger partial charge in [-0.2, -0.15) is 4.99 Å². The first kappa shape index (κ1) is 15.9. The van der Waals surface area contributed by atoms with E-state index in [2.05, 4.69) is 15.3 Å². The third-order valence-corrected chi connectivity index (χ3v) is 2.67. The van der Waals surface area contributed by atoms with Gasteiger partial charge in [-0.05, 0) is 24.3 Å². The van der Waals surface area contributed by atoms with Crippen molar-refractivity contribution in [3.63, 3.8) is 0 Å². The molecular weight excluding hydrogens is 300 g/mol. The number of guanidine groups is 2. The fourth-order valence-corrected chi connectivity index (χ4v) is 1.73. The fraction of sp³-hybridized carbons (Fsp3) is 0.0714. The molecule has 1 aromatic heterocycles. The van der Waals surface area contributed by atoms with Crippen LogP contribution in [0.2, 0.25) is 0 Å². The van der Waals surface area contributed by atoms with E-state index in [-0.39, 0.29) is 17.7 Å².